The summed E-state index contributed by atoms with van der Waals surface area (Å²) in [7, 11) is 0. The third kappa shape index (κ3) is 5.43. The minimum atomic E-state index is 0.357. The minimum Gasteiger partial charge on any atom is -0.399 e. The standard InChI is InChI=1S/C13H22N2/c1-13(2,3)10-15-8-7-11-5-4-6-12(14)9-11/h4-6,9,15H,7-8,10,14H2,1-3H3. The van der Waals surface area contributed by atoms with E-state index in [1.54, 1.807) is 0 Å². The van der Waals surface area contributed by atoms with E-state index in [1.807, 2.05) is 18.2 Å². The first-order chi connectivity index (χ1) is 6.97. The molecule has 0 atom stereocenters. The largest absolute Gasteiger partial charge is 0.399 e. The fraction of sp³-hybridized carbons (Fsp3) is 0.538. The Morgan fingerprint density at radius 3 is 2.60 bits per heavy atom. The zero-order valence-electron chi connectivity index (χ0n) is 10.0. The average Bonchev–Trinajstić information content (AvgIpc) is 2.11. The van der Waals surface area contributed by atoms with Crippen LogP contribution in [0, 0.1) is 5.41 Å². The Morgan fingerprint density at radius 2 is 2.00 bits per heavy atom. The summed E-state index contributed by atoms with van der Waals surface area (Å²) in [6.07, 6.45) is 1.04. The lowest BCUT2D eigenvalue weighted by Crippen LogP contribution is -2.28. The van der Waals surface area contributed by atoms with Gasteiger partial charge in [-0.3, -0.25) is 0 Å². The number of rotatable bonds is 4. The third-order valence-electron chi connectivity index (χ3n) is 2.20. The predicted molar refractivity (Wildman–Crippen MR) is 66.9 cm³/mol. The van der Waals surface area contributed by atoms with E-state index in [-0.39, 0.29) is 0 Å². The van der Waals surface area contributed by atoms with Crippen molar-refractivity contribution < 1.29 is 0 Å². The van der Waals surface area contributed by atoms with E-state index >= 15 is 0 Å². The molecule has 0 amide bonds. The van der Waals surface area contributed by atoms with E-state index in [2.05, 4.69) is 32.2 Å². The van der Waals surface area contributed by atoms with Gasteiger partial charge in [0.15, 0.2) is 0 Å². The molecule has 0 aliphatic carbocycles. The van der Waals surface area contributed by atoms with Crippen LogP contribution in [0.3, 0.4) is 0 Å². The summed E-state index contributed by atoms with van der Waals surface area (Å²) in [4.78, 5) is 0. The molecule has 0 radical (unpaired) electrons. The highest BCUT2D eigenvalue weighted by Crippen LogP contribution is 2.10. The van der Waals surface area contributed by atoms with E-state index in [9.17, 15) is 0 Å². The van der Waals surface area contributed by atoms with Crippen molar-refractivity contribution in [2.45, 2.75) is 27.2 Å². The van der Waals surface area contributed by atoms with Crippen LogP contribution in [0.25, 0.3) is 0 Å². The van der Waals surface area contributed by atoms with Crippen molar-refractivity contribution in [3.8, 4) is 0 Å². The van der Waals surface area contributed by atoms with Crippen molar-refractivity contribution in [2.75, 3.05) is 18.8 Å². The van der Waals surface area contributed by atoms with Gasteiger partial charge in [0.1, 0.15) is 0 Å². The molecule has 1 aromatic carbocycles. The molecule has 0 saturated carbocycles. The number of nitrogens with one attached hydrogen (secondary N) is 1. The molecule has 2 nitrogen and oxygen atoms in total. The minimum absolute atomic E-state index is 0.357. The molecule has 2 heteroatoms. The van der Waals surface area contributed by atoms with Crippen molar-refractivity contribution >= 4 is 5.69 Å². The SMILES string of the molecule is CC(C)(C)CNCCc1cccc(N)c1. The molecule has 0 fully saturated rings. The van der Waals surface area contributed by atoms with Gasteiger partial charge in [0.2, 0.25) is 0 Å². The molecule has 3 N–H and O–H groups in total. The fourth-order valence-electron chi connectivity index (χ4n) is 1.44. The van der Waals surface area contributed by atoms with Gasteiger partial charge in [-0.1, -0.05) is 32.9 Å². The Bertz CT molecular complexity index is 300. The maximum Gasteiger partial charge on any atom is 0.0316 e. The van der Waals surface area contributed by atoms with Gasteiger partial charge in [0.25, 0.3) is 0 Å². The van der Waals surface area contributed by atoms with E-state index < -0.39 is 0 Å². The second-order valence-electron chi connectivity index (χ2n) is 5.23. The Labute approximate surface area is 92.9 Å². The molecule has 0 spiro atoms. The van der Waals surface area contributed by atoms with Gasteiger partial charge in [-0.15, -0.1) is 0 Å². The van der Waals surface area contributed by atoms with Gasteiger partial charge in [0.05, 0.1) is 0 Å². The molecule has 15 heavy (non-hydrogen) atoms. The molecule has 0 aromatic heterocycles. The van der Waals surface area contributed by atoms with E-state index in [0.717, 1.165) is 25.2 Å². The molecule has 1 rings (SSSR count). The third-order valence-corrected chi connectivity index (χ3v) is 2.20. The Balaban J connectivity index is 2.26. The average molecular weight is 206 g/mol. The van der Waals surface area contributed by atoms with E-state index in [4.69, 9.17) is 5.73 Å². The van der Waals surface area contributed by atoms with Crippen molar-refractivity contribution in [1.29, 1.82) is 0 Å². The molecule has 0 unspecified atom stereocenters. The van der Waals surface area contributed by atoms with Crippen LogP contribution in [0.5, 0.6) is 0 Å². The van der Waals surface area contributed by atoms with Crippen molar-refractivity contribution in [2.24, 2.45) is 5.41 Å². The highest BCUT2D eigenvalue weighted by Gasteiger charge is 2.08. The van der Waals surface area contributed by atoms with E-state index in [1.165, 1.54) is 5.56 Å². The number of nitrogens with two attached hydrogens (primary N) is 1. The molecule has 0 aliphatic heterocycles. The van der Waals surface area contributed by atoms with Crippen LogP contribution in [-0.4, -0.2) is 13.1 Å². The molecular formula is C13H22N2. The first-order valence-electron chi connectivity index (χ1n) is 5.52. The number of anilines is 1. The summed E-state index contributed by atoms with van der Waals surface area (Å²) in [5.41, 5.74) is 8.22. The van der Waals surface area contributed by atoms with Crippen LogP contribution in [0.15, 0.2) is 24.3 Å². The second kappa shape index (κ2) is 5.17. The van der Waals surface area contributed by atoms with Gasteiger partial charge in [-0.25, -0.2) is 0 Å². The van der Waals surface area contributed by atoms with Gasteiger partial charge in [0, 0.05) is 12.2 Å². The highest BCUT2D eigenvalue weighted by atomic mass is 14.9. The van der Waals surface area contributed by atoms with Crippen molar-refractivity contribution in [3.63, 3.8) is 0 Å². The lowest BCUT2D eigenvalue weighted by Gasteiger charge is -2.18. The topological polar surface area (TPSA) is 38.0 Å². The zero-order chi connectivity index (χ0) is 11.3. The molecule has 0 saturated heterocycles. The molecule has 0 aliphatic rings. The first kappa shape index (κ1) is 12.1. The summed E-state index contributed by atoms with van der Waals surface area (Å²) in [5.74, 6) is 0. The van der Waals surface area contributed by atoms with Crippen LogP contribution in [0.4, 0.5) is 5.69 Å². The number of benzene rings is 1. The fourth-order valence-corrected chi connectivity index (χ4v) is 1.44. The summed E-state index contributed by atoms with van der Waals surface area (Å²) >= 11 is 0. The maximum absolute atomic E-state index is 5.71. The summed E-state index contributed by atoms with van der Waals surface area (Å²) in [6.45, 7) is 8.78. The van der Waals surface area contributed by atoms with Crippen LogP contribution in [0.1, 0.15) is 26.3 Å². The Hall–Kier alpha value is -1.02. The van der Waals surface area contributed by atoms with Crippen molar-refractivity contribution in [3.05, 3.63) is 29.8 Å². The number of hydrogen-bond donors (Lipinski definition) is 2. The normalized spacial score (nSPS) is 11.7. The van der Waals surface area contributed by atoms with Crippen LogP contribution in [-0.2, 0) is 6.42 Å². The summed E-state index contributed by atoms with van der Waals surface area (Å²) in [5, 5.41) is 3.45. The smallest absolute Gasteiger partial charge is 0.0316 e. The monoisotopic (exact) mass is 206 g/mol. The van der Waals surface area contributed by atoms with Gasteiger partial charge < -0.3 is 11.1 Å². The molecule has 0 heterocycles. The van der Waals surface area contributed by atoms with Crippen LogP contribution in [0.2, 0.25) is 0 Å². The first-order valence-corrected chi connectivity index (χ1v) is 5.52. The zero-order valence-corrected chi connectivity index (χ0v) is 10.0. The summed E-state index contributed by atoms with van der Waals surface area (Å²) < 4.78 is 0. The number of hydrogen-bond acceptors (Lipinski definition) is 2. The summed E-state index contributed by atoms with van der Waals surface area (Å²) in [6, 6.07) is 8.09. The quantitative estimate of drug-likeness (QED) is 0.586. The maximum atomic E-state index is 5.71. The molecular weight excluding hydrogens is 184 g/mol. The molecule has 1 aromatic rings. The predicted octanol–water partition coefficient (Wildman–Crippen LogP) is 2.45. The van der Waals surface area contributed by atoms with Crippen molar-refractivity contribution in [1.82, 2.24) is 5.32 Å². The van der Waals surface area contributed by atoms with Crippen LogP contribution >= 0.6 is 0 Å². The van der Waals surface area contributed by atoms with Crippen LogP contribution < -0.4 is 11.1 Å². The molecule has 0 bridgehead atoms. The van der Waals surface area contributed by atoms with Gasteiger partial charge in [-0.2, -0.15) is 0 Å². The second-order valence-corrected chi connectivity index (χ2v) is 5.23. The lowest BCUT2D eigenvalue weighted by molar-refractivity contribution is 0.381. The lowest BCUT2D eigenvalue weighted by atomic mass is 9.97. The number of nitrogen functional groups attached to an aromatic ring is 1. The van der Waals surface area contributed by atoms with E-state index in [0.29, 0.717) is 5.41 Å². The Kier molecular flexibility index (Phi) is 4.15. The van der Waals surface area contributed by atoms with Gasteiger partial charge >= 0.3 is 0 Å². The van der Waals surface area contributed by atoms with Gasteiger partial charge in [-0.05, 0) is 36.1 Å². The highest BCUT2D eigenvalue weighted by molar-refractivity contribution is 5.40. The molecule has 84 valence electrons. The Morgan fingerprint density at radius 1 is 1.27 bits per heavy atom.